The molecule has 1 rings (SSSR count). The summed E-state index contributed by atoms with van der Waals surface area (Å²) in [6, 6.07) is 0. The summed E-state index contributed by atoms with van der Waals surface area (Å²) in [7, 11) is 2.07. The minimum atomic E-state index is 0.588. The molecule has 0 aliphatic carbocycles. The lowest BCUT2D eigenvalue weighted by Gasteiger charge is -2.36. The second-order valence-corrected chi connectivity index (χ2v) is 4.07. The van der Waals surface area contributed by atoms with Gasteiger partial charge in [-0.1, -0.05) is 20.3 Å². The van der Waals surface area contributed by atoms with Crippen molar-refractivity contribution in [3.05, 3.63) is 0 Å². The van der Waals surface area contributed by atoms with Crippen molar-refractivity contribution in [2.45, 2.75) is 39.3 Å². The lowest BCUT2D eigenvalue weighted by molar-refractivity contribution is 0.108. The van der Waals surface area contributed by atoms with Gasteiger partial charge in [-0.2, -0.15) is 0 Å². The number of nitrogens with one attached hydrogen (secondary N) is 1. The molecule has 0 bridgehead atoms. The smallest absolute Gasteiger partial charge is 0.0618 e. The van der Waals surface area contributed by atoms with Crippen LogP contribution in [0.4, 0.5) is 0 Å². The van der Waals surface area contributed by atoms with E-state index in [0.717, 1.165) is 0 Å². The molecule has 1 atom stereocenters. The van der Waals surface area contributed by atoms with Crippen molar-refractivity contribution >= 4 is 0 Å². The van der Waals surface area contributed by atoms with Gasteiger partial charge in [-0.25, -0.2) is 0 Å². The molecule has 1 saturated heterocycles. The lowest BCUT2D eigenvalue weighted by Crippen LogP contribution is -2.49. The Labute approximate surface area is 76.3 Å². The van der Waals surface area contributed by atoms with Crippen molar-refractivity contribution in [3.8, 4) is 0 Å². The maximum atomic E-state index is 3.40. The molecule has 2 heteroatoms. The monoisotopic (exact) mass is 170 g/mol. The van der Waals surface area contributed by atoms with Gasteiger partial charge in [0.2, 0.25) is 0 Å². The standard InChI is InChI=1S/C10H22N2/c1-9(2)10(11-3)12-7-5-4-6-8-12/h9-11H,4-8H2,1-3H3. The third kappa shape index (κ3) is 2.46. The van der Waals surface area contributed by atoms with Crippen LogP contribution in [0.3, 0.4) is 0 Å². The molecule has 0 spiro atoms. The zero-order valence-corrected chi connectivity index (χ0v) is 8.64. The maximum Gasteiger partial charge on any atom is 0.0618 e. The summed E-state index contributed by atoms with van der Waals surface area (Å²) in [6.07, 6.45) is 4.77. The highest BCUT2D eigenvalue weighted by molar-refractivity contribution is 4.74. The summed E-state index contributed by atoms with van der Waals surface area (Å²) in [6.45, 7) is 7.14. The molecule has 1 aliphatic heterocycles. The number of likely N-dealkylation sites (tertiary alicyclic amines) is 1. The van der Waals surface area contributed by atoms with E-state index in [2.05, 4.69) is 31.1 Å². The second kappa shape index (κ2) is 4.83. The topological polar surface area (TPSA) is 15.3 Å². The Kier molecular flexibility index (Phi) is 4.02. The van der Waals surface area contributed by atoms with Crippen molar-refractivity contribution < 1.29 is 0 Å². The first-order chi connectivity index (χ1) is 5.75. The van der Waals surface area contributed by atoms with E-state index in [1.165, 1.54) is 32.4 Å². The predicted octanol–water partition coefficient (Wildman–Crippen LogP) is 1.67. The van der Waals surface area contributed by atoms with Crippen molar-refractivity contribution in [2.24, 2.45) is 5.92 Å². The molecule has 0 aromatic carbocycles. The third-order valence-electron chi connectivity index (χ3n) is 2.71. The lowest BCUT2D eigenvalue weighted by atomic mass is 10.1. The van der Waals surface area contributed by atoms with Crippen molar-refractivity contribution in [1.82, 2.24) is 10.2 Å². The fourth-order valence-electron chi connectivity index (χ4n) is 2.13. The normalized spacial score (nSPS) is 23.0. The first kappa shape index (κ1) is 10.0. The van der Waals surface area contributed by atoms with Gasteiger partial charge in [-0.05, 0) is 38.9 Å². The van der Waals surface area contributed by atoms with Gasteiger partial charge in [0, 0.05) is 0 Å². The molecule has 1 aliphatic rings. The number of rotatable bonds is 3. The Morgan fingerprint density at radius 2 is 1.67 bits per heavy atom. The summed E-state index contributed by atoms with van der Waals surface area (Å²) >= 11 is 0. The van der Waals surface area contributed by atoms with E-state index < -0.39 is 0 Å². The summed E-state index contributed by atoms with van der Waals surface area (Å²) < 4.78 is 0. The van der Waals surface area contributed by atoms with Crippen LogP contribution >= 0.6 is 0 Å². The second-order valence-electron chi connectivity index (χ2n) is 4.07. The zero-order chi connectivity index (χ0) is 8.97. The Bertz CT molecular complexity index is 117. The minimum absolute atomic E-state index is 0.588. The van der Waals surface area contributed by atoms with Crippen LogP contribution in [-0.4, -0.2) is 31.2 Å². The Morgan fingerprint density at radius 1 is 1.08 bits per heavy atom. The molecule has 1 heterocycles. The van der Waals surface area contributed by atoms with Gasteiger partial charge in [0.05, 0.1) is 6.17 Å². The van der Waals surface area contributed by atoms with E-state index >= 15 is 0 Å². The molecule has 2 nitrogen and oxygen atoms in total. The molecule has 1 fully saturated rings. The van der Waals surface area contributed by atoms with Gasteiger partial charge in [0.1, 0.15) is 0 Å². The zero-order valence-electron chi connectivity index (χ0n) is 8.64. The largest absolute Gasteiger partial charge is 0.305 e. The molecule has 12 heavy (non-hydrogen) atoms. The third-order valence-corrected chi connectivity index (χ3v) is 2.71. The number of hydrogen-bond donors (Lipinski definition) is 1. The summed E-state index contributed by atoms with van der Waals surface area (Å²) in [5.74, 6) is 0.716. The Morgan fingerprint density at radius 3 is 2.08 bits per heavy atom. The van der Waals surface area contributed by atoms with Gasteiger partial charge in [-0.3, -0.25) is 4.90 Å². The Hall–Kier alpha value is -0.0800. The van der Waals surface area contributed by atoms with Crippen LogP contribution < -0.4 is 5.32 Å². The van der Waals surface area contributed by atoms with E-state index in [4.69, 9.17) is 0 Å². The SMILES string of the molecule is CNC(C(C)C)N1CCCCC1. The van der Waals surface area contributed by atoms with Crippen LogP contribution in [0.25, 0.3) is 0 Å². The molecule has 0 amide bonds. The van der Waals surface area contributed by atoms with E-state index in [1.807, 2.05) is 0 Å². The summed E-state index contributed by atoms with van der Waals surface area (Å²) in [5, 5.41) is 3.40. The first-order valence-electron chi connectivity index (χ1n) is 5.17. The van der Waals surface area contributed by atoms with Crippen molar-refractivity contribution in [1.29, 1.82) is 0 Å². The van der Waals surface area contributed by atoms with E-state index in [-0.39, 0.29) is 0 Å². The van der Waals surface area contributed by atoms with Gasteiger partial charge < -0.3 is 5.32 Å². The van der Waals surface area contributed by atoms with Gasteiger partial charge in [-0.15, -0.1) is 0 Å². The van der Waals surface area contributed by atoms with Crippen LogP contribution in [0, 0.1) is 5.92 Å². The van der Waals surface area contributed by atoms with Gasteiger partial charge >= 0.3 is 0 Å². The highest BCUT2D eigenvalue weighted by Crippen LogP contribution is 2.15. The van der Waals surface area contributed by atoms with Crippen LogP contribution in [0.15, 0.2) is 0 Å². The van der Waals surface area contributed by atoms with Crippen LogP contribution in [0.2, 0.25) is 0 Å². The first-order valence-corrected chi connectivity index (χ1v) is 5.17. The van der Waals surface area contributed by atoms with E-state index in [0.29, 0.717) is 12.1 Å². The fraction of sp³-hybridized carbons (Fsp3) is 1.00. The quantitative estimate of drug-likeness (QED) is 0.693. The van der Waals surface area contributed by atoms with Crippen LogP contribution in [0.5, 0.6) is 0 Å². The maximum absolute atomic E-state index is 3.40. The van der Waals surface area contributed by atoms with Crippen LogP contribution in [0.1, 0.15) is 33.1 Å². The van der Waals surface area contributed by atoms with Crippen molar-refractivity contribution in [2.75, 3.05) is 20.1 Å². The van der Waals surface area contributed by atoms with Gasteiger partial charge in [0.15, 0.2) is 0 Å². The molecular weight excluding hydrogens is 148 g/mol. The summed E-state index contributed by atoms with van der Waals surface area (Å²) in [5.41, 5.74) is 0. The molecule has 72 valence electrons. The molecule has 1 N–H and O–H groups in total. The minimum Gasteiger partial charge on any atom is -0.305 e. The highest BCUT2D eigenvalue weighted by Gasteiger charge is 2.21. The number of piperidine rings is 1. The average molecular weight is 170 g/mol. The Balaban J connectivity index is 2.40. The van der Waals surface area contributed by atoms with Gasteiger partial charge in [0.25, 0.3) is 0 Å². The number of nitrogens with zero attached hydrogens (tertiary/aromatic N) is 1. The van der Waals surface area contributed by atoms with E-state index in [1.54, 1.807) is 0 Å². The highest BCUT2D eigenvalue weighted by atomic mass is 15.3. The fourth-order valence-corrected chi connectivity index (χ4v) is 2.13. The summed E-state index contributed by atoms with van der Waals surface area (Å²) in [4.78, 5) is 2.58. The average Bonchev–Trinajstić information content (AvgIpc) is 2.07. The molecule has 0 radical (unpaired) electrons. The predicted molar refractivity (Wildman–Crippen MR) is 53.1 cm³/mol. The van der Waals surface area contributed by atoms with Crippen LogP contribution in [-0.2, 0) is 0 Å². The number of hydrogen-bond acceptors (Lipinski definition) is 2. The molecule has 0 aromatic heterocycles. The molecule has 0 aromatic rings. The molecule has 1 unspecified atom stereocenters. The van der Waals surface area contributed by atoms with Crippen molar-refractivity contribution in [3.63, 3.8) is 0 Å². The molecule has 0 saturated carbocycles. The molecular formula is C10H22N2. The van der Waals surface area contributed by atoms with E-state index in [9.17, 15) is 0 Å².